The molecule has 0 radical (unpaired) electrons. The quantitative estimate of drug-likeness (QED) is 0.625. The second kappa shape index (κ2) is 5.92. The van der Waals surface area contributed by atoms with Crippen LogP contribution >= 0.6 is 11.6 Å². The third-order valence-electron chi connectivity index (χ3n) is 2.66. The summed E-state index contributed by atoms with van der Waals surface area (Å²) in [6.45, 7) is 7.31. The molecule has 0 saturated heterocycles. The van der Waals surface area contributed by atoms with Gasteiger partial charge in [0.05, 0.1) is 10.6 Å². The van der Waals surface area contributed by atoms with Crippen LogP contribution in [0, 0.1) is 5.41 Å². The molecule has 0 aromatic heterocycles. The van der Waals surface area contributed by atoms with Crippen LogP contribution in [-0.4, -0.2) is 18.4 Å². The van der Waals surface area contributed by atoms with Crippen molar-refractivity contribution in [1.29, 1.82) is 5.41 Å². The number of nitrogens with one attached hydrogen (secondary N) is 1. The average molecular weight is 254 g/mol. The molecule has 0 amide bonds. The summed E-state index contributed by atoms with van der Waals surface area (Å²) in [5.74, 6) is 0.0207. The zero-order valence-corrected chi connectivity index (χ0v) is 11.4. The molecular formula is C13H20ClN3. The molecule has 0 saturated carbocycles. The van der Waals surface area contributed by atoms with Crippen molar-refractivity contribution in [1.82, 2.24) is 0 Å². The largest absolute Gasteiger partial charge is 0.384 e. The minimum atomic E-state index is 0.0207. The maximum atomic E-state index is 7.65. The van der Waals surface area contributed by atoms with Crippen LogP contribution in [0.1, 0.15) is 32.8 Å². The lowest BCUT2D eigenvalue weighted by atomic mass is 10.1. The predicted octanol–water partition coefficient (Wildman–Crippen LogP) is 3.25. The summed E-state index contributed by atoms with van der Waals surface area (Å²) < 4.78 is 0. The van der Waals surface area contributed by atoms with Gasteiger partial charge in [0, 0.05) is 18.3 Å². The van der Waals surface area contributed by atoms with Crippen LogP contribution in [0.4, 0.5) is 5.69 Å². The molecule has 3 N–H and O–H groups in total. The van der Waals surface area contributed by atoms with Gasteiger partial charge in [0.1, 0.15) is 5.84 Å². The first-order chi connectivity index (χ1) is 7.99. The number of rotatable bonds is 5. The fourth-order valence-electron chi connectivity index (χ4n) is 1.92. The van der Waals surface area contributed by atoms with E-state index in [4.69, 9.17) is 22.7 Å². The summed E-state index contributed by atoms with van der Waals surface area (Å²) in [6.07, 6.45) is 1.04. The lowest BCUT2D eigenvalue weighted by Crippen LogP contribution is -2.33. The Bertz CT molecular complexity index is 402. The van der Waals surface area contributed by atoms with E-state index in [0.29, 0.717) is 16.6 Å². The highest BCUT2D eigenvalue weighted by molar-refractivity contribution is 6.34. The average Bonchev–Trinajstić information content (AvgIpc) is 2.24. The van der Waals surface area contributed by atoms with Crippen LogP contribution in [0.3, 0.4) is 0 Å². The number of nitrogens with two attached hydrogens (primary N) is 1. The summed E-state index contributed by atoms with van der Waals surface area (Å²) in [5.41, 5.74) is 7.20. The topological polar surface area (TPSA) is 53.1 Å². The number of amidine groups is 1. The van der Waals surface area contributed by atoms with Crippen LogP contribution in [0.15, 0.2) is 18.2 Å². The number of nitrogens with zero attached hydrogens (tertiary/aromatic N) is 1. The zero-order chi connectivity index (χ0) is 13.0. The van der Waals surface area contributed by atoms with Crippen LogP contribution < -0.4 is 10.6 Å². The van der Waals surface area contributed by atoms with Gasteiger partial charge in [-0.1, -0.05) is 24.6 Å². The highest BCUT2D eigenvalue weighted by Crippen LogP contribution is 2.28. The van der Waals surface area contributed by atoms with E-state index in [2.05, 4.69) is 25.7 Å². The van der Waals surface area contributed by atoms with Gasteiger partial charge in [0.25, 0.3) is 0 Å². The Hall–Kier alpha value is -1.22. The molecule has 0 aliphatic rings. The number of nitrogen functional groups attached to an aromatic ring is 1. The van der Waals surface area contributed by atoms with E-state index < -0.39 is 0 Å². The smallest absolute Gasteiger partial charge is 0.126 e. The highest BCUT2D eigenvalue weighted by Gasteiger charge is 2.17. The van der Waals surface area contributed by atoms with Gasteiger partial charge in [-0.2, -0.15) is 0 Å². The molecule has 0 aliphatic carbocycles. The Labute approximate surface area is 108 Å². The number of hydrogen-bond donors (Lipinski definition) is 2. The van der Waals surface area contributed by atoms with Crippen LogP contribution in [0.5, 0.6) is 0 Å². The van der Waals surface area contributed by atoms with Crippen LogP contribution in [0.25, 0.3) is 0 Å². The van der Waals surface area contributed by atoms with Crippen molar-refractivity contribution in [3.63, 3.8) is 0 Å². The Kier molecular flexibility index (Phi) is 4.82. The molecule has 0 heterocycles. The summed E-state index contributed by atoms with van der Waals surface area (Å²) in [7, 11) is 0. The Morgan fingerprint density at radius 1 is 1.47 bits per heavy atom. The standard InChI is InChI=1S/C13H20ClN3/c1-4-8-17(9(2)3)11-7-5-6-10(14)12(11)13(15)16/h5-7,9H,4,8H2,1-3H3,(H3,15,16). The van der Waals surface area contributed by atoms with Gasteiger partial charge in [0.2, 0.25) is 0 Å². The third kappa shape index (κ3) is 3.13. The highest BCUT2D eigenvalue weighted by atomic mass is 35.5. The lowest BCUT2D eigenvalue weighted by Gasteiger charge is -2.30. The summed E-state index contributed by atoms with van der Waals surface area (Å²) in [6, 6.07) is 5.99. The first-order valence-electron chi connectivity index (χ1n) is 5.88. The van der Waals surface area contributed by atoms with E-state index in [0.717, 1.165) is 18.7 Å². The van der Waals surface area contributed by atoms with Crippen molar-refractivity contribution < 1.29 is 0 Å². The first kappa shape index (κ1) is 13.8. The van der Waals surface area contributed by atoms with Crippen molar-refractivity contribution in [2.24, 2.45) is 5.73 Å². The SMILES string of the molecule is CCCN(c1cccc(Cl)c1C(=N)N)C(C)C. The monoisotopic (exact) mass is 253 g/mol. The molecule has 1 rings (SSSR count). The summed E-state index contributed by atoms with van der Waals surface area (Å²) in [4.78, 5) is 2.22. The molecule has 0 fully saturated rings. The number of benzene rings is 1. The Morgan fingerprint density at radius 3 is 2.59 bits per heavy atom. The van der Waals surface area contributed by atoms with Crippen LogP contribution in [0.2, 0.25) is 5.02 Å². The minimum Gasteiger partial charge on any atom is -0.384 e. The van der Waals surface area contributed by atoms with Gasteiger partial charge in [-0.15, -0.1) is 0 Å². The van der Waals surface area contributed by atoms with E-state index >= 15 is 0 Å². The van der Waals surface area contributed by atoms with Gasteiger partial charge in [-0.3, -0.25) is 5.41 Å². The Balaban J connectivity index is 3.27. The lowest BCUT2D eigenvalue weighted by molar-refractivity contribution is 0.670. The molecule has 3 nitrogen and oxygen atoms in total. The molecule has 0 spiro atoms. The summed E-state index contributed by atoms with van der Waals surface area (Å²) in [5, 5.41) is 8.19. The van der Waals surface area contributed by atoms with E-state index in [9.17, 15) is 0 Å². The predicted molar refractivity (Wildman–Crippen MR) is 75.2 cm³/mol. The minimum absolute atomic E-state index is 0.0207. The Morgan fingerprint density at radius 2 is 2.12 bits per heavy atom. The summed E-state index contributed by atoms with van der Waals surface area (Å²) >= 11 is 6.13. The molecule has 1 aromatic rings. The molecule has 4 heteroatoms. The fraction of sp³-hybridized carbons (Fsp3) is 0.462. The second-order valence-corrected chi connectivity index (χ2v) is 4.74. The van der Waals surface area contributed by atoms with Gasteiger partial charge in [-0.25, -0.2) is 0 Å². The van der Waals surface area contributed by atoms with E-state index in [1.54, 1.807) is 6.07 Å². The number of anilines is 1. The maximum Gasteiger partial charge on any atom is 0.126 e. The molecule has 0 bridgehead atoms. The molecule has 0 aliphatic heterocycles. The van der Waals surface area contributed by atoms with Crippen molar-refractivity contribution in [2.75, 3.05) is 11.4 Å². The third-order valence-corrected chi connectivity index (χ3v) is 2.97. The molecule has 0 atom stereocenters. The second-order valence-electron chi connectivity index (χ2n) is 4.33. The van der Waals surface area contributed by atoms with Gasteiger partial charge in [-0.05, 0) is 32.4 Å². The van der Waals surface area contributed by atoms with E-state index in [1.165, 1.54) is 0 Å². The number of halogens is 1. The van der Waals surface area contributed by atoms with Gasteiger partial charge >= 0.3 is 0 Å². The molecule has 94 valence electrons. The molecular weight excluding hydrogens is 234 g/mol. The van der Waals surface area contributed by atoms with Gasteiger partial charge < -0.3 is 10.6 Å². The normalized spacial score (nSPS) is 10.6. The van der Waals surface area contributed by atoms with Gasteiger partial charge in [0.15, 0.2) is 0 Å². The van der Waals surface area contributed by atoms with Crippen molar-refractivity contribution in [2.45, 2.75) is 33.2 Å². The first-order valence-corrected chi connectivity index (χ1v) is 6.26. The van der Waals surface area contributed by atoms with Crippen LogP contribution in [-0.2, 0) is 0 Å². The van der Waals surface area contributed by atoms with Crippen molar-refractivity contribution in [3.05, 3.63) is 28.8 Å². The van der Waals surface area contributed by atoms with Crippen molar-refractivity contribution >= 4 is 23.1 Å². The molecule has 1 aromatic carbocycles. The number of hydrogen-bond acceptors (Lipinski definition) is 2. The fourth-order valence-corrected chi connectivity index (χ4v) is 2.19. The van der Waals surface area contributed by atoms with E-state index in [1.807, 2.05) is 12.1 Å². The van der Waals surface area contributed by atoms with E-state index in [-0.39, 0.29) is 5.84 Å². The maximum absolute atomic E-state index is 7.65. The molecule has 17 heavy (non-hydrogen) atoms. The molecule has 0 unspecified atom stereocenters. The zero-order valence-electron chi connectivity index (χ0n) is 10.6. The van der Waals surface area contributed by atoms with Crippen molar-refractivity contribution in [3.8, 4) is 0 Å².